The number of phenols is 1. The molecular weight excluding hydrogens is 342 g/mol. The van der Waals surface area contributed by atoms with Crippen molar-refractivity contribution >= 4 is 22.7 Å². The van der Waals surface area contributed by atoms with E-state index in [0.717, 1.165) is 27.7 Å². The van der Waals surface area contributed by atoms with Crippen molar-refractivity contribution in [2.45, 2.75) is 18.5 Å². The van der Waals surface area contributed by atoms with E-state index in [1.807, 2.05) is 30.3 Å². The zero-order valence-electron chi connectivity index (χ0n) is 14.8. The van der Waals surface area contributed by atoms with Gasteiger partial charge in [0.25, 0.3) is 0 Å². The van der Waals surface area contributed by atoms with Gasteiger partial charge in [-0.05, 0) is 29.3 Å². The molecule has 2 amide bonds. The summed E-state index contributed by atoms with van der Waals surface area (Å²) < 4.78 is 0. The molecule has 0 radical (unpaired) electrons. The highest BCUT2D eigenvalue weighted by Gasteiger charge is 2.47. The number of carbonyl (C=O) groups excluding carboxylic acids is 2. The molecule has 0 aliphatic carbocycles. The molecule has 1 fully saturated rings. The van der Waals surface area contributed by atoms with E-state index in [4.69, 9.17) is 0 Å². The molecule has 0 unspecified atom stereocenters. The van der Waals surface area contributed by atoms with E-state index < -0.39 is 12.1 Å². The third-order valence-corrected chi connectivity index (χ3v) is 5.64. The summed E-state index contributed by atoms with van der Waals surface area (Å²) in [6, 6.07) is 13.9. The van der Waals surface area contributed by atoms with Crippen LogP contribution in [0.25, 0.3) is 10.9 Å². The molecule has 2 atom stereocenters. The Kier molecular flexibility index (Phi) is 3.31. The Hall–Kier alpha value is -3.28. The molecule has 27 heavy (non-hydrogen) atoms. The van der Waals surface area contributed by atoms with Crippen molar-refractivity contribution in [1.82, 2.24) is 14.8 Å². The number of nitrogens with zero attached hydrogens (tertiary/aromatic N) is 2. The fourth-order valence-electron chi connectivity index (χ4n) is 4.45. The second kappa shape index (κ2) is 5.61. The third kappa shape index (κ3) is 2.26. The molecule has 3 aromatic rings. The summed E-state index contributed by atoms with van der Waals surface area (Å²) in [5.41, 5.74) is 3.76. The number of phenolic OH excluding ortho intramolecular Hbond substituents is 1. The van der Waals surface area contributed by atoms with E-state index in [0.29, 0.717) is 6.42 Å². The van der Waals surface area contributed by atoms with Crippen LogP contribution >= 0.6 is 0 Å². The summed E-state index contributed by atoms with van der Waals surface area (Å²) in [6.45, 7) is 0.0697. The molecular formula is C21H19N3O3. The number of piperazine rings is 1. The summed E-state index contributed by atoms with van der Waals surface area (Å²) in [7, 11) is 1.67. The number of hydrogen-bond donors (Lipinski definition) is 2. The van der Waals surface area contributed by atoms with Crippen LogP contribution in [-0.4, -0.2) is 51.3 Å². The number of aromatic hydroxyl groups is 1. The molecule has 2 N–H and O–H groups in total. The molecule has 2 aliphatic rings. The highest BCUT2D eigenvalue weighted by atomic mass is 16.3. The Bertz CT molecular complexity index is 1090. The number of hydrogen-bond acceptors (Lipinski definition) is 3. The highest BCUT2D eigenvalue weighted by molar-refractivity contribution is 5.97. The van der Waals surface area contributed by atoms with Gasteiger partial charge in [0.1, 0.15) is 11.8 Å². The van der Waals surface area contributed by atoms with Crippen LogP contribution in [0, 0.1) is 0 Å². The van der Waals surface area contributed by atoms with E-state index in [1.54, 1.807) is 30.1 Å². The zero-order valence-corrected chi connectivity index (χ0v) is 14.8. The van der Waals surface area contributed by atoms with Crippen LogP contribution < -0.4 is 0 Å². The van der Waals surface area contributed by atoms with Gasteiger partial charge in [0, 0.05) is 30.1 Å². The number of rotatable bonds is 1. The predicted octanol–water partition coefficient (Wildman–Crippen LogP) is 2.19. The van der Waals surface area contributed by atoms with Gasteiger partial charge in [-0.1, -0.05) is 30.3 Å². The number of H-pyrrole nitrogens is 1. The van der Waals surface area contributed by atoms with E-state index in [-0.39, 0.29) is 24.1 Å². The van der Waals surface area contributed by atoms with Crippen molar-refractivity contribution < 1.29 is 14.7 Å². The maximum absolute atomic E-state index is 12.9. The third-order valence-electron chi connectivity index (χ3n) is 5.64. The molecule has 2 aliphatic heterocycles. The first-order chi connectivity index (χ1) is 13.0. The van der Waals surface area contributed by atoms with Crippen LogP contribution in [0.1, 0.15) is 22.9 Å². The van der Waals surface area contributed by atoms with Crippen molar-refractivity contribution in [2.24, 2.45) is 0 Å². The van der Waals surface area contributed by atoms with Gasteiger partial charge in [-0.25, -0.2) is 0 Å². The summed E-state index contributed by atoms with van der Waals surface area (Å²) in [5, 5.41) is 11.1. The minimum atomic E-state index is -0.532. The lowest BCUT2D eigenvalue weighted by Crippen LogP contribution is -2.62. The van der Waals surface area contributed by atoms with Gasteiger partial charge in [0.15, 0.2) is 0 Å². The van der Waals surface area contributed by atoms with Gasteiger partial charge >= 0.3 is 0 Å². The fraction of sp³-hybridized carbons (Fsp3) is 0.238. The fourth-order valence-corrected chi connectivity index (χ4v) is 4.45. The van der Waals surface area contributed by atoms with Crippen molar-refractivity contribution in [3.63, 3.8) is 0 Å². The van der Waals surface area contributed by atoms with E-state index >= 15 is 0 Å². The molecule has 0 saturated carbocycles. The topological polar surface area (TPSA) is 76.6 Å². The Morgan fingerprint density at radius 3 is 2.74 bits per heavy atom. The Morgan fingerprint density at radius 1 is 1.11 bits per heavy atom. The second-order valence-electron chi connectivity index (χ2n) is 7.28. The number of aromatic nitrogens is 1. The largest absolute Gasteiger partial charge is 0.508 e. The number of amides is 2. The number of para-hydroxylation sites is 1. The Balaban J connectivity index is 1.78. The van der Waals surface area contributed by atoms with Gasteiger partial charge in [0.2, 0.25) is 11.8 Å². The number of nitrogens with one attached hydrogen (secondary N) is 1. The molecule has 0 spiro atoms. The lowest BCUT2D eigenvalue weighted by molar-refractivity contribution is -0.157. The van der Waals surface area contributed by atoms with Crippen LogP contribution in [0.15, 0.2) is 48.5 Å². The molecule has 5 rings (SSSR count). The summed E-state index contributed by atoms with van der Waals surface area (Å²) >= 11 is 0. The Morgan fingerprint density at radius 2 is 1.93 bits per heavy atom. The van der Waals surface area contributed by atoms with E-state index in [2.05, 4.69) is 4.98 Å². The Labute approximate surface area is 156 Å². The molecule has 1 saturated heterocycles. The number of carbonyl (C=O) groups is 2. The van der Waals surface area contributed by atoms with Crippen molar-refractivity contribution in [2.75, 3.05) is 13.6 Å². The first-order valence-corrected chi connectivity index (χ1v) is 8.99. The standard InChI is InChI=1S/C21H19N3O3/c1-23-11-18(26)24-17(21(23)27)10-15-14-7-2-3-8-16(14)22-19(15)20(24)12-5-4-6-13(25)9-12/h2-9,17,20,22,25H,10-11H2,1H3/t17-,20-/m1/s1. The molecule has 6 heteroatoms. The SMILES string of the molecule is CN1CC(=O)N2[C@H](c3cccc(O)c3)c3[nH]c4ccccc4c3C[C@@H]2C1=O. The van der Waals surface area contributed by atoms with Crippen molar-refractivity contribution in [3.8, 4) is 5.75 Å². The van der Waals surface area contributed by atoms with Crippen LogP contribution in [-0.2, 0) is 16.0 Å². The summed E-state index contributed by atoms with van der Waals surface area (Å²) in [4.78, 5) is 32.5. The van der Waals surface area contributed by atoms with Gasteiger partial charge in [-0.15, -0.1) is 0 Å². The normalized spacial score (nSPS) is 22.1. The van der Waals surface area contributed by atoms with E-state index in [1.165, 1.54) is 4.90 Å². The number of likely N-dealkylation sites (N-methyl/N-ethyl adjacent to an activating group) is 1. The predicted molar refractivity (Wildman–Crippen MR) is 100 cm³/mol. The molecule has 6 nitrogen and oxygen atoms in total. The first kappa shape index (κ1) is 15.9. The number of fused-ring (bicyclic) bond motifs is 4. The van der Waals surface area contributed by atoms with Crippen LogP contribution in [0.2, 0.25) is 0 Å². The minimum Gasteiger partial charge on any atom is -0.508 e. The van der Waals surface area contributed by atoms with Crippen molar-refractivity contribution in [3.05, 3.63) is 65.4 Å². The zero-order chi connectivity index (χ0) is 18.7. The first-order valence-electron chi connectivity index (χ1n) is 8.99. The smallest absolute Gasteiger partial charge is 0.245 e. The quantitative estimate of drug-likeness (QED) is 0.698. The highest BCUT2D eigenvalue weighted by Crippen LogP contribution is 2.42. The summed E-state index contributed by atoms with van der Waals surface area (Å²) in [5.74, 6) is 0.00983. The van der Waals surface area contributed by atoms with Gasteiger partial charge in [-0.2, -0.15) is 0 Å². The van der Waals surface area contributed by atoms with Gasteiger partial charge < -0.3 is 19.9 Å². The molecule has 2 aromatic carbocycles. The lowest BCUT2D eigenvalue weighted by Gasteiger charge is -2.46. The monoisotopic (exact) mass is 361 g/mol. The number of benzene rings is 2. The summed E-state index contributed by atoms with van der Waals surface area (Å²) in [6.07, 6.45) is 0.490. The van der Waals surface area contributed by atoms with Crippen LogP contribution in [0.5, 0.6) is 5.75 Å². The minimum absolute atomic E-state index is 0.0457. The average Bonchev–Trinajstić information content (AvgIpc) is 3.03. The molecule has 3 heterocycles. The molecule has 136 valence electrons. The van der Waals surface area contributed by atoms with Crippen LogP contribution in [0.3, 0.4) is 0 Å². The van der Waals surface area contributed by atoms with E-state index in [9.17, 15) is 14.7 Å². The molecule has 0 bridgehead atoms. The van der Waals surface area contributed by atoms with Gasteiger partial charge in [0.05, 0.1) is 12.6 Å². The van der Waals surface area contributed by atoms with Crippen LogP contribution in [0.4, 0.5) is 0 Å². The molecule has 1 aromatic heterocycles. The lowest BCUT2D eigenvalue weighted by atomic mass is 9.86. The van der Waals surface area contributed by atoms with Crippen molar-refractivity contribution in [1.29, 1.82) is 0 Å². The maximum atomic E-state index is 12.9. The average molecular weight is 361 g/mol. The second-order valence-corrected chi connectivity index (χ2v) is 7.28. The van der Waals surface area contributed by atoms with Gasteiger partial charge in [-0.3, -0.25) is 9.59 Å². The number of aromatic amines is 1. The maximum Gasteiger partial charge on any atom is 0.245 e.